The van der Waals surface area contributed by atoms with Crippen LogP contribution in [0.1, 0.15) is 12.0 Å². The standard InChI is InChI=1S/C14H19N3O2S/c18-20(19,16-9-11-17-10-8-15-13-17)12-4-7-14-5-2-1-3-6-14/h1-3,5-6,8,10,13,16H,4,7,9,11-12H2. The Bertz CT molecular complexity index is 595. The van der Waals surface area contributed by atoms with E-state index < -0.39 is 10.0 Å². The number of imidazole rings is 1. The van der Waals surface area contributed by atoms with Gasteiger partial charge >= 0.3 is 0 Å². The Kier molecular flexibility index (Phi) is 5.31. The van der Waals surface area contributed by atoms with Crippen molar-refractivity contribution >= 4 is 10.0 Å². The van der Waals surface area contributed by atoms with E-state index in [1.807, 2.05) is 41.1 Å². The van der Waals surface area contributed by atoms with Gasteiger partial charge in [-0.2, -0.15) is 0 Å². The maximum Gasteiger partial charge on any atom is 0.211 e. The predicted octanol–water partition coefficient (Wildman–Crippen LogP) is 1.44. The number of aromatic nitrogens is 2. The fourth-order valence-corrected chi connectivity index (χ4v) is 3.00. The van der Waals surface area contributed by atoms with Gasteiger partial charge in [0.25, 0.3) is 0 Å². The summed E-state index contributed by atoms with van der Waals surface area (Å²) >= 11 is 0. The number of benzene rings is 1. The van der Waals surface area contributed by atoms with Crippen LogP contribution in [0.5, 0.6) is 0 Å². The Morgan fingerprint density at radius 3 is 2.70 bits per heavy atom. The highest BCUT2D eigenvalue weighted by molar-refractivity contribution is 7.89. The van der Waals surface area contributed by atoms with Gasteiger partial charge in [0.15, 0.2) is 0 Å². The van der Waals surface area contributed by atoms with Gasteiger partial charge in [0.1, 0.15) is 0 Å². The monoisotopic (exact) mass is 293 g/mol. The molecule has 0 saturated heterocycles. The van der Waals surface area contributed by atoms with Gasteiger partial charge in [-0.15, -0.1) is 0 Å². The molecular weight excluding hydrogens is 274 g/mol. The first kappa shape index (κ1) is 14.7. The molecule has 0 bridgehead atoms. The lowest BCUT2D eigenvalue weighted by Gasteiger charge is -2.07. The molecule has 0 amide bonds. The van der Waals surface area contributed by atoms with Crippen molar-refractivity contribution in [2.45, 2.75) is 19.4 Å². The molecule has 1 heterocycles. The number of hydrogen-bond donors (Lipinski definition) is 1. The lowest BCUT2D eigenvalue weighted by Crippen LogP contribution is -2.29. The highest BCUT2D eigenvalue weighted by Crippen LogP contribution is 2.03. The fraction of sp³-hybridized carbons (Fsp3) is 0.357. The molecule has 0 atom stereocenters. The number of aryl methyl sites for hydroxylation is 1. The number of nitrogens with zero attached hydrogens (tertiary/aromatic N) is 2. The molecule has 0 fully saturated rings. The van der Waals surface area contributed by atoms with Crippen LogP contribution in [0.2, 0.25) is 0 Å². The summed E-state index contributed by atoms with van der Waals surface area (Å²) < 4.78 is 28.1. The predicted molar refractivity (Wildman–Crippen MR) is 78.8 cm³/mol. The van der Waals surface area contributed by atoms with Crippen LogP contribution in [0.15, 0.2) is 49.1 Å². The summed E-state index contributed by atoms with van der Waals surface area (Å²) in [6.07, 6.45) is 6.56. The van der Waals surface area contributed by atoms with Gasteiger partial charge < -0.3 is 4.57 Å². The van der Waals surface area contributed by atoms with E-state index in [-0.39, 0.29) is 5.75 Å². The third-order valence-corrected chi connectivity index (χ3v) is 4.44. The van der Waals surface area contributed by atoms with Crippen LogP contribution in [-0.2, 0) is 23.0 Å². The van der Waals surface area contributed by atoms with Crippen LogP contribution in [0.3, 0.4) is 0 Å². The van der Waals surface area contributed by atoms with Crippen LogP contribution in [0.25, 0.3) is 0 Å². The van der Waals surface area contributed by atoms with Gasteiger partial charge in [-0.3, -0.25) is 0 Å². The van der Waals surface area contributed by atoms with Gasteiger partial charge in [0.2, 0.25) is 10.0 Å². The summed E-state index contributed by atoms with van der Waals surface area (Å²) in [5.41, 5.74) is 1.17. The maximum absolute atomic E-state index is 11.8. The number of hydrogen-bond acceptors (Lipinski definition) is 3. The molecule has 0 spiro atoms. The summed E-state index contributed by atoms with van der Waals surface area (Å²) in [5.74, 6) is 0.159. The Morgan fingerprint density at radius 2 is 2.00 bits per heavy atom. The quantitative estimate of drug-likeness (QED) is 0.801. The number of nitrogens with one attached hydrogen (secondary N) is 1. The van der Waals surface area contributed by atoms with Gasteiger partial charge in [-0.25, -0.2) is 18.1 Å². The fourth-order valence-electron chi connectivity index (χ4n) is 1.93. The van der Waals surface area contributed by atoms with Gasteiger partial charge in [-0.1, -0.05) is 30.3 Å². The second-order valence-corrected chi connectivity index (χ2v) is 6.53. The minimum atomic E-state index is -3.19. The van der Waals surface area contributed by atoms with E-state index in [9.17, 15) is 8.42 Å². The Labute approximate surface area is 119 Å². The van der Waals surface area contributed by atoms with E-state index in [0.717, 1.165) is 6.42 Å². The number of sulfonamides is 1. The zero-order valence-electron chi connectivity index (χ0n) is 11.3. The second-order valence-electron chi connectivity index (χ2n) is 4.60. The molecule has 1 aromatic heterocycles. The first-order valence-electron chi connectivity index (χ1n) is 6.63. The molecule has 0 aliphatic heterocycles. The summed E-state index contributed by atoms with van der Waals surface area (Å²) in [6.45, 7) is 0.988. The third kappa shape index (κ3) is 5.14. The molecule has 0 radical (unpaired) electrons. The molecule has 0 saturated carbocycles. The van der Waals surface area contributed by atoms with E-state index in [1.54, 1.807) is 12.5 Å². The average molecular weight is 293 g/mol. The molecule has 0 unspecified atom stereocenters. The van der Waals surface area contributed by atoms with Crippen molar-refractivity contribution in [3.05, 3.63) is 54.6 Å². The van der Waals surface area contributed by atoms with E-state index in [4.69, 9.17) is 0 Å². The normalized spacial score (nSPS) is 11.6. The van der Waals surface area contributed by atoms with Crippen LogP contribution in [0.4, 0.5) is 0 Å². The Balaban J connectivity index is 1.68. The van der Waals surface area contributed by atoms with Crippen molar-refractivity contribution in [3.8, 4) is 0 Å². The molecule has 20 heavy (non-hydrogen) atoms. The van der Waals surface area contributed by atoms with Gasteiger partial charge in [-0.05, 0) is 18.4 Å². The smallest absolute Gasteiger partial charge is 0.211 e. The first-order valence-corrected chi connectivity index (χ1v) is 8.28. The lowest BCUT2D eigenvalue weighted by molar-refractivity contribution is 0.570. The molecular formula is C14H19N3O2S. The van der Waals surface area contributed by atoms with Crippen LogP contribution < -0.4 is 4.72 Å². The van der Waals surface area contributed by atoms with Crippen LogP contribution >= 0.6 is 0 Å². The van der Waals surface area contributed by atoms with Crippen molar-refractivity contribution in [3.63, 3.8) is 0 Å². The summed E-state index contributed by atoms with van der Waals surface area (Å²) in [5, 5.41) is 0. The SMILES string of the molecule is O=S(=O)(CCCc1ccccc1)NCCn1ccnc1. The molecule has 0 aliphatic carbocycles. The highest BCUT2D eigenvalue weighted by Gasteiger charge is 2.09. The minimum Gasteiger partial charge on any atom is -0.336 e. The molecule has 5 nitrogen and oxygen atoms in total. The first-order chi connectivity index (χ1) is 9.66. The molecule has 0 aliphatic rings. The van der Waals surface area contributed by atoms with Crippen molar-refractivity contribution in [2.24, 2.45) is 0 Å². The molecule has 6 heteroatoms. The lowest BCUT2D eigenvalue weighted by atomic mass is 10.1. The van der Waals surface area contributed by atoms with Crippen LogP contribution in [0, 0.1) is 0 Å². The Morgan fingerprint density at radius 1 is 1.20 bits per heavy atom. The zero-order valence-corrected chi connectivity index (χ0v) is 12.1. The number of rotatable bonds is 8. The highest BCUT2D eigenvalue weighted by atomic mass is 32.2. The van der Waals surface area contributed by atoms with E-state index >= 15 is 0 Å². The average Bonchev–Trinajstić information content (AvgIpc) is 2.93. The minimum absolute atomic E-state index is 0.159. The molecule has 1 N–H and O–H groups in total. The van der Waals surface area contributed by atoms with E-state index in [1.165, 1.54) is 5.56 Å². The maximum atomic E-state index is 11.8. The van der Waals surface area contributed by atoms with Gasteiger partial charge in [0.05, 0.1) is 12.1 Å². The van der Waals surface area contributed by atoms with Crippen molar-refractivity contribution in [1.82, 2.24) is 14.3 Å². The molecule has 108 valence electrons. The summed E-state index contributed by atoms with van der Waals surface area (Å²) in [7, 11) is -3.19. The topological polar surface area (TPSA) is 64.0 Å². The van der Waals surface area contributed by atoms with Gasteiger partial charge in [0, 0.05) is 25.5 Å². The van der Waals surface area contributed by atoms with E-state index in [2.05, 4.69) is 9.71 Å². The molecule has 2 rings (SSSR count). The van der Waals surface area contributed by atoms with Crippen LogP contribution in [-0.4, -0.2) is 30.3 Å². The zero-order chi connectivity index (χ0) is 14.3. The summed E-state index contributed by atoms with van der Waals surface area (Å²) in [4.78, 5) is 3.91. The summed E-state index contributed by atoms with van der Waals surface area (Å²) in [6, 6.07) is 9.91. The van der Waals surface area contributed by atoms with Crippen molar-refractivity contribution in [2.75, 3.05) is 12.3 Å². The second kappa shape index (κ2) is 7.21. The van der Waals surface area contributed by atoms with E-state index in [0.29, 0.717) is 19.5 Å². The van der Waals surface area contributed by atoms with Crippen molar-refractivity contribution in [1.29, 1.82) is 0 Å². The molecule has 1 aromatic carbocycles. The van der Waals surface area contributed by atoms with Crippen molar-refractivity contribution < 1.29 is 8.42 Å². The Hall–Kier alpha value is -1.66. The largest absolute Gasteiger partial charge is 0.336 e. The third-order valence-electron chi connectivity index (χ3n) is 2.97. The molecule has 2 aromatic rings.